The third-order valence-corrected chi connectivity index (χ3v) is 6.81. The van der Waals surface area contributed by atoms with Crippen molar-refractivity contribution in [2.75, 3.05) is 24.5 Å². The Hall–Kier alpha value is -1.44. The Balaban J connectivity index is 1.54. The summed E-state index contributed by atoms with van der Waals surface area (Å²) in [5.41, 5.74) is 0.515. The lowest BCUT2D eigenvalue weighted by Crippen LogP contribution is -2.53. The van der Waals surface area contributed by atoms with Crippen molar-refractivity contribution >= 4 is 39.0 Å². The van der Waals surface area contributed by atoms with E-state index in [1.807, 2.05) is 11.4 Å². The molecule has 138 valence electrons. The summed E-state index contributed by atoms with van der Waals surface area (Å²) in [5, 5.41) is 1.97. The number of carbonyl (C=O) groups excluding carboxylic acids is 1. The summed E-state index contributed by atoms with van der Waals surface area (Å²) in [6.07, 6.45) is 1.68. The first kappa shape index (κ1) is 17.9. The largest absolute Gasteiger partial charge is 0.444 e. The van der Waals surface area contributed by atoms with Crippen LogP contribution in [0.4, 0.5) is 14.9 Å². The zero-order valence-corrected chi connectivity index (χ0v) is 16.6. The molecule has 4 nitrogen and oxygen atoms in total. The lowest BCUT2D eigenvalue weighted by Gasteiger charge is -2.44. The van der Waals surface area contributed by atoms with Crippen LogP contribution in [0.25, 0.3) is 0 Å². The van der Waals surface area contributed by atoms with Crippen molar-refractivity contribution in [2.45, 2.75) is 25.5 Å². The van der Waals surface area contributed by atoms with Crippen LogP contribution in [-0.4, -0.2) is 36.7 Å². The van der Waals surface area contributed by atoms with Crippen LogP contribution in [0.5, 0.6) is 0 Å². The number of amides is 1. The van der Waals surface area contributed by atoms with E-state index in [4.69, 9.17) is 4.74 Å². The summed E-state index contributed by atoms with van der Waals surface area (Å²) in [5.74, 6) is 0.0738. The van der Waals surface area contributed by atoms with Crippen LogP contribution in [0, 0.1) is 11.7 Å². The Morgan fingerprint density at radius 2 is 2.15 bits per heavy atom. The number of benzene rings is 1. The topological polar surface area (TPSA) is 32.8 Å². The molecule has 0 aliphatic carbocycles. The fraction of sp³-hybridized carbons (Fsp3) is 0.421. The molecule has 2 aromatic rings. The summed E-state index contributed by atoms with van der Waals surface area (Å²) in [4.78, 5) is 17.8. The molecule has 4 heterocycles. The fourth-order valence-electron chi connectivity index (χ4n) is 3.74. The van der Waals surface area contributed by atoms with E-state index in [0.29, 0.717) is 18.2 Å². The zero-order chi connectivity index (χ0) is 18.1. The third kappa shape index (κ3) is 3.94. The minimum Gasteiger partial charge on any atom is -0.444 e. The lowest BCUT2D eigenvalue weighted by atomic mass is 9.86. The van der Waals surface area contributed by atoms with Gasteiger partial charge in [0.15, 0.2) is 0 Å². The normalized spacial score (nSPS) is 24.5. The SMILES string of the molecule is O=C(OC1CN2CCC1CC2)N(Cc1cc(Br)cs1)c1cccc(F)c1. The van der Waals surface area contributed by atoms with Crippen LogP contribution in [0.1, 0.15) is 17.7 Å². The lowest BCUT2D eigenvalue weighted by molar-refractivity contribution is -0.0311. The van der Waals surface area contributed by atoms with Gasteiger partial charge in [0.1, 0.15) is 11.9 Å². The molecule has 0 saturated carbocycles. The second-order valence-corrected chi connectivity index (χ2v) is 8.77. The van der Waals surface area contributed by atoms with Gasteiger partial charge in [-0.25, -0.2) is 9.18 Å². The number of hydrogen-bond donors (Lipinski definition) is 0. The van der Waals surface area contributed by atoms with E-state index in [-0.39, 0.29) is 11.9 Å². The van der Waals surface area contributed by atoms with Crippen molar-refractivity contribution in [3.63, 3.8) is 0 Å². The molecule has 26 heavy (non-hydrogen) atoms. The van der Waals surface area contributed by atoms with Crippen LogP contribution in [-0.2, 0) is 11.3 Å². The van der Waals surface area contributed by atoms with E-state index in [1.54, 1.807) is 23.5 Å². The Morgan fingerprint density at radius 3 is 2.77 bits per heavy atom. The van der Waals surface area contributed by atoms with Gasteiger partial charge >= 0.3 is 6.09 Å². The van der Waals surface area contributed by atoms with Crippen molar-refractivity contribution < 1.29 is 13.9 Å². The van der Waals surface area contributed by atoms with Crippen LogP contribution >= 0.6 is 27.3 Å². The standard InChI is InChI=1S/C19H20BrFN2O2S/c20-14-8-17(26-12-14)10-23(16-3-1-2-15(21)9-16)19(24)25-18-11-22-6-4-13(18)5-7-22/h1-3,8-9,12-13,18H,4-7,10-11H2. The quantitative estimate of drug-likeness (QED) is 0.681. The van der Waals surface area contributed by atoms with Gasteiger partial charge in [-0.1, -0.05) is 6.07 Å². The number of ether oxygens (including phenoxy) is 1. The summed E-state index contributed by atoms with van der Waals surface area (Å²) < 4.78 is 20.6. The Labute approximate surface area is 164 Å². The van der Waals surface area contributed by atoms with E-state index in [1.165, 1.54) is 17.0 Å². The summed E-state index contributed by atoms with van der Waals surface area (Å²) in [7, 11) is 0. The van der Waals surface area contributed by atoms with Crippen molar-refractivity contribution in [2.24, 2.45) is 5.92 Å². The number of halogens is 2. The van der Waals surface area contributed by atoms with Crippen molar-refractivity contribution in [3.8, 4) is 0 Å². The van der Waals surface area contributed by atoms with Gasteiger partial charge in [-0.2, -0.15) is 0 Å². The van der Waals surface area contributed by atoms with Crippen LogP contribution in [0.2, 0.25) is 0 Å². The van der Waals surface area contributed by atoms with Crippen molar-refractivity contribution in [3.05, 3.63) is 50.9 Å². The number of nitrogens with zero attached hydrogens (tertiary/aromatic N) is 2. The molecule has 3 aliphatic heterocycles. The molecule has 3 saturated heterocycles. The molecular weight excluding hydrogens is 419 g/mol. The minimum absolute atomic E-state index is 0.0730. The van der Waals surface area contributed by atoms with Gasteiger partial charge in [0.2, 0.25) is 0 Å². The molecule has 0 N–H and O–H groups in total. The molecule has 2 bridgehead atoms. The molecule has 1 unspecified atom stereocenters. The first-order valence-corrected chi connectivity index (χ1v) is 10.4. The smallest absolute Gasteiger partial charge is 0.414 e. The highest BCUT2D eigenvalue weighted by molar-refractivity contribution is 9.10. The summed E-state index contributed by atoms with van der Waals surface area (Å²) in [6, 6.07) is 8.08. The molecule has 3 aliphatic rings. The van der Waals surface area contributed by atoms with Gasteiger partial charge in [-0.15, -0.1) is 11.3 Å². The molecule has 0 spiro atoms. The highest BCUT2D eigenvalue weighted by atomic mass is 79.9. The van der Waals surface area contributed by atoms with E-state index in [0.717, 1.165) is 41.8 Å². The number of rotatable bonds is 4. The summed E-state index contributed by atoms with van der Waals surface area (Å²) in [6.45, 7) is 3.35. The number of thiophene rings is 1. The molecule has 1 aromatic heterocycles. The number of hydrogen-bond acceptors (Lipinski definition) is 4. The van der Waals surface area contributed by atoms with Gasteiger partial charge < -0.3 is 4.74 Å². The average Bonchev–Trinajstić information content (AvgIpc) is 3.05. The van der Waals surface area contributed by atoms with Gasteiger partial charge in [0, 0.05) is 21.3 Å². The van der Waals surface area contributed by atoms with Crippen LogP contribution in [0.15, 0.2) is 40.2 Å². The third-order valence-electron chi connectivity index (χ3n) is 5.12. The Morgan fingerprint density at radius 1 is 1.35 bits per heavy atom. The second kappa shape index (κ2) is 7.66. The maximum atomic E-state index is 13.7. The number of fused-ring (bicyclic) bond motifs is 3. The summed E-state index contributed by atoms with van der Waals surface area (Å²) >= 11 is 4.99. The second-order valence-electron chi connectivity index (χ2n) is 6.86. The van der Waals surface area contributed by atoms with Gasteiger partial charge in [-0.05, 0) is 72.0 Å². The maximum absolute atomic E-state index is 13.7. The van der Waals surface area contributed by atoms with Crippen LogP contribution in [0.3, 0.4) is 0 Å². The monoisotopic (exact) mass is 438 g/mol. The maximum Gasteiger partial charge on any atom is 0.414 e. The predicted octanol–water partition coefficient (Wildman–Crippen LogP) is 4.89. The van der Waals surface area contributed by atoms with Gasteiger partial charge in [-0.3, -0.25) is 9.80 Å². The van der Waals surface area contributed by atoms with E-state index < -0.39 is 6.09 Å². The zero-order valence-electron chi connectivity index (χ0n) is 14.2. The highest BCUT2D eigenvalue weighted by Gasteiger charge is 2.37. The van der Waals surface area contributed by atoms with Gasteiger partial charge in [0.25, 0.3) is 0 Å². The van der Waals surface area contributed by atoms with Crippen molar-refractivity contribution in [1.82, 2.24) is 4.90 Å². The molecule has 1 atom stereocenters. The molecule has 0 radical (unpaired) electrons. The average molecular weight is 439 g/mol. The number of anilines is 1. The molecule has 1 amide bonds. The van der Waals surface area contributed by atoms with E-state index in [2.05, 4.69) is 20.8 Å². The van der Waals surface area contributed by atoms with Crippen molar-refractivity contribution in [1.29, 1.82) is 0 Å². The molecule has 1 aromatic carbocycles. The first-order chi connectivity index (χ1) is 12.6. The van der Waals surface area contributed by atoms with E-state index >= 15 is 0 Å². The number of piperidine rings is 3. The van der Waals surface area contributed by atoms with Crippen LogP contribution < -0.4 is 4.90 Å². The minimum atomic E-state index is -0.404. The Bertz CT molecular complexity index is 791. The Kier molecular flexibility index (Phi) is 5.29. The molecule has 7 heteroatoms. The molecular formula is C19H20BrFN2O2S. The van der Waals surface area contributed by atoms with E-state index in [9.17, 15) is 9.18 Å². The molecule has 3 fully saturated rings. The fourth-order valence-corrected chi connectivity index (χ4v) is 5.17. The first-order valence-electron chi connectivity index (χ1n) is 8.77. The van der Waals surface area contributed by atoms with Gasteiger partial charge in [0.05, 0.1) is 12.2 Å². The number of carbonyl (C=O) groups is 1. The highest BCUT2D eigenvalue weighted by Crippen LogP contribution is 2.31. The molecule has 5 rings (SSSR count). The predicted molar refractivity (Wildman–Crippen MR) is 104 cm³/mol.